The van der Waals surface area contributed by atoms with Crippen molar-refractivity contribution < 1.29 is 9.15 Å². The van der Waals surface area contributed by atoms with Crippen LogP contribution in [-0.4, -0.2) is 23.0 Å². The highest BCUT2D eigenvalue weighted by Gasteiger charge is 2.17. The molecule has 3 aromatic heterocycles. The molecule has 6 nitrogen and oxygen atoms in total. The molecule has 5 aromatic rings. The molecule has 0 aliphatic rings. The van der Waals surface area contributed by atoms with Crippen molar-refractivity contribution in [1.82, 2.24) is 9.66 Å². The fraction of sp³-hybridized carbons (Fsp3) is 0.0455. The number of methoxy groups -OCH3 is 1. The SMILES string of the molecule is COc1cccc2oc(-c3nc4ccccc4c(=O)n3N=Cc3ccc(Cl)s3)cc12. The van der Waals surface area contributed by atoms with Gasteiger partial charge in [0.15, 0.2) is 5.76 Å². The molecular formula is C22H14ClN3O3S. The van der Waals surface area contributed by atoms with E-state index in [4.69, 9.17) is 20.8 Å². The van der Waals surface area contributed by atoms with Crippen LogP contribution in [0.1, 0.15) is 4.88 Å². The fourth-order valence-corrected chi connectivity index (χ4v) is 4.15. The van der Waals surface area contributed by atoms with Crippen LogP contribution in [0, 0.1) is 0 Å². The van der Waals surface area contributed by atoms with E-state index in [-0.39, 0.29) is 5.56 Å². The zero-order chi connectivity index (χ0) is 20.7. The molecule has 0 unspecified atom stereocenters. The third-order valence-electron chi connectivity index (χ3n) is 4.61. The molecule has 0 spiro atoms. The number of hydrogen-bond donors (Lipinski definition) is 0. The lowest BCUT2D eigenvalue weighted by Gasteiger charge is -2.06. The van der Waals surface area contributed by atoms with Crippen molar-refractivity contribution in [2.24, 2.45) is 5.10 Å². The Morgan fingerprint density at radius 3 is 2.80 bits per heavy atom. The van der Waals surface area contributed by atoms with E-state index in [0.29, 0.717) is 38.2 Å². The monoisotopic (exact) mass is 435 g/mol. The number of ether oxygens (including phenoxy) is 1. The van der Waals surface area contributed by atoms with Crippen LogP contribution in [0.3, 0.4) is 0 Å². The summed E-state index contributed by atoms with van der Waals surface area (Å²) in [6.07, 6.45) is 1.58. The van der Waals surface area contributed by atoms with Crippen LogP contribution >= 0.6 is 22.9 Å². The van der Waals surface area contributed by atoms with Crippen LogP contribution in [-0.2, 0) is 0 Å². The molecule has 8 heteroatoms. The molecule has 0 radical (unpaired) electrons. The Morgan fingerprint density at radius 1 is 1.13 bits per heavy atom. The number of halogens is 1. The van der Waals surface area contributed by atoms with E-state index in [1.165, 1.54) is 16.0 Å². The Hall–Kier alpha value is -3.42. The smallest absolute Gasteiger partial charge is 0.282 e. The van der Waals surface area contributed by atoms with Crippen molar-refractivity contribution in [1.29, 1.82) is 0 Å². The second kappa shape index (κ2) is 7.44. The molecule has 30 heavy (non-hydrogen) atoms. The van der Waals surface area contributed by atoms with Crippen LogP contribution in [0.5, 0.6) is 5.75 Å². The Labute approximate surface area is 179 Å². The molecule has 0 fully saturated rings. The minimum absolute atomic E-state index is 0.290. The average Bonchev–Trinajstić information content (AvgIpc) is 3.38. The minimum Gasteiger partial charge on any atom is -0.496 e. The van der Waals surface area contributed by atoms with Gasteiger partial charge in [0, 0.05) is 4.88 Å². The summed E-state index contributed by atoms with van der Waals surface area (Å²) >= 11 is 7.37. The lowest BCUT2D eigenvalue weighted by Crippen LogP contribution is -2.20. The molecule has 0 bridgehead atoms. The van der Waals surface area contributed by atoms with Crippen molar-refractivity contribution >= 4 is 51.0 Å². The first-order valence-electron chi connectivity index (χ1n) is 9.02. The molecule has 0 saturated heterocycles. The van der Waals surface area contributed by atoms with Gasteiger partial charge in [-0.15, -0.1) is 11.3 Å². The van der Waals surface area contributed by atoms with Crippen LogP contribution in [0.15, 0.2) is 75.0 Å². The summed E-state index contributed by atoms with van der Waals surface area (Å²) in [6, 6.07) is 18.1. The molecule has 0 N–H and O–H groups in total. The quantitative estimate of drug-likeness (QED) is 0.354. The first-order valence-corrected chi connectivity index (χ1v) is 10.2. The number of thiophene rings is 1. The lowest BCUT2D eigenvalue weighted by atomic mass is 10.2. The second-order valence-electron chi connectivity index (χ2n) is 6.44. The van der Waals surface area contributed by atoms with E-state index in [2.05, 4.69) is 10.1 Å². The molecule has 0 aliphatic carbocycles. The summed E-state index contributed by atoms with van der Waals surface area (Å²) in [5, 5.41) is 5.66. The largest absolute Gasteiger partial charge is 0.496 e. The molecule has 5 rings (SSSR count). The molecule has 0 aliphatic heterocycles. The molecular weight excluding hydrogens is 422 g/mol. The molecule has 0 saturated carbocycles. The fourth-order valence-electron chi connectivity index (χ4n) is 3.22. The average molecular weight is 436 g/mol. The van der Waals surface area contributed by atoms with Gasteiger partial charge < -0.3 is 9.15 Å². The number of nitrogens with zero attached hydrogens (tertiary/aromatic N) is 3. The van der Waals surface area contributed by atoms with Gasteiger partial charge in [0.05, 0.1) is 33.9 Å². The van der Waals surface area contributed by atoms with Gasteiger partial charge in [0.25, 0.3) is 5.56 Å². The Bertz CT molecular complexity index is 1480. The zero-order valence-corrected chi connectivity index (χ0v) is 17.3. The number of hydrogen-bond acceptors (Lipinski definition) is 6. The summed E-state index contributed by atoms with van der Waals surface area (Å²) in [5.41, 5.74) is 0.907. The molecule has 2 aromatic carbocycles. The van der Waals surface area contributed by atoms with Gasteiger partial charge in [-0.3, -0.25) is 4.79 Å². The van der Waals surface area contributed by atoms with Gasteiger partial charge >= 0.3 is 0 Å². The highest BCUT2D eigenvalue weighted by Crippen LogP contribution is 2.32. The van der Waals surface area contributed by atoms with Crippen molar-refractivity contribution in [3.63, 3.8) is 0 Å². The van der Waals surface area contributed by atoms with Crippen molar-refractivity contribution in [2.75, 3.05) is 7.11 Å². The highest BCUT2D eigenvalue weighted by atomic mass is 35.5. The predicted molar refractivity (Wildman–Crippen MR) is 120 cm³/mol. The molecule has 148 valence electrons. The van der Waals surface area contributed by atoms with Crippen LogP contribution in [0.4, 0.5) is 0 Å². The van der Waals surface area contributed by atoms with Crippen molar-refractivity contribution in [2.45, 2.75) is 0 Å². The third-order valence-corrected chi connectivity index (χ3v) is 5.78. The second-order valence-corrected chi connectivity index (χ2v) is 8.19. The van der Waals surface area contributed by atoms with Gasteiger partial charge in [0.2, 0.25) is 5.82 Å². The highest BCUT2D eigenvalue weighted by molar-refractivity contribution is 7.17. The normalized spacial score (nSPS) is 11.7. The van der Waals surface area contributed by atoms with Crippen LogP contribution < -0.4 is 10.3 Å². The van der Waals surface area contributed by atoms with Gasteiger partial charge in [-0.2, -0.15) is 9.78 Å². The summed E-state index contributed by atoms with van der Waals surface area (Å²) in [6.45, 7) is 0. The Kier molecular flexibility index (Phi) is 4.61. The lowest BCUT2D eigenvalue weighted by molar-refractivity contribution is 0.419. The maximum absolute atomic E-state index is 13.2. The number of para-hydroxylation sites is 1. The van der Waals surface area contributed by atoms with E-state index >= 15 is 0 Å². The Balaban J connectivity index is 1.76. The van der Waals surface area contributed by atoms with Crippen molar-refractivity contribution in [3.05, 3.63) is 80.2 Å². The van der Waals surface area contributed by atoms with E-state index in [9.17, 15) is 4.79 Å². The Morgan fingerprint density at radius 2 is 2.00 bits per heavy atom. The standard InChI is InChI=1S/C22H14ClN3O3S/c1-28-17-7-4-8-18-15(17)11-19(29-18)21-25-16-6-3-2-5-14(16)22(27)26(21)24-12-13-9-10-20(23)30-13/h2-12H,1H3. The van der Waals surface area contributed by atoms with E-state index in [1.807, 2.05) is 30.3 Å². The number of furan rings is 1. The molecule has 0 atom stereocenters. The van der Waals surface area contributed by atoms with Gasteiger partial charge in [-0.1, -0.05) is 29.8 Å². The van der Waals surface area contributed by atoms with E-state index < -0.39 is 0 Å². The predicted octanol–water partition coefficient (Wildman–Crippen LogP) is 5.42. The number of fused-ring (bicyclic) bond motifs is 2. The van der Waals surface area contributed by atoms with Crippen molar-refractivity contribution in [3.8, 4) is 17.3 Å². The van der Waals surface area contributed by atoms with Crippen LogP contribution in [0.25, 0.3) is 33.5 Å². The van der Waals surface area contributed by atoms with Crippen LogP contribution in [0.2, 0.25) is 4.34 Å². The third kappa shape index (κ3) is 3.18. The zero-order valence-electron chi connectivity index (χ0n) is 15.7. The number of benzene rings is 2. The summed E-state index contributed by atoms with van der Waals surface area (Å²) in [5.74, 6) is 1.39. The van der Waals surface area contributed by atoms with E-state index in [1.54, 1.807) is 43.7 Å². The minimum atomic E-state index is -0.290. The first kappa shape index (κ1) is 18.6. The maximum atomic E-state index is 13.2. The topological polar surface area (TPSA) is 69.6 Å². The number of rotatable bonds is 4. The van der Waals surface area contributed by atoms with Gasteiger partial charge in [-0.25, -0.2) is 4.98 Å². The van der Waals surface area contributed by atoms with Gasteiger partial charge in [-0.05, 0) is 42.5 Å². The van der Waals surface area contributed by atoms with E-state index in [0.717, 1.165) is 10.3 Å². The summed E-state index contributed by atoms with van der Waals surface area (Å²) in [7, 11) is 1.60. The first-order chi connectivity index (χ1) is 14.6. The van der Waals surface area contributed by atoms with Gasteiger partial charge in [0.1, 0.15) is 11.3 Å². The molecule has 3 heterocycles. The molecule has 0 amide bonds. The summed E-state index contributed by atoms with van der Waals surface area (Å²) < 4.78 is 13.3. The number of aromatic nitrogens is 2. The maximum Gasteiger partial charge on any atom is 0.282 e. The summed E-state index contributed by atoms with van der Waals surface area (Å²) in [4.78, 5) is 18.7.